The summed E-state index contributed by atoms with van der Waals surface area (Å²) in [5.41, 5.74) is 1.63. The molecule has 0 bridgehead atoms. The molecule has 0 spiro atoms. The molecule has 0 radical (unpaired) electrons. The lowest BCUT2D eigenvalue weighted by Gasteiger charge is -2.15. The van der Waals surface area contributed by atoms with E-state index in [1.807, 2.05) is 43.3 Å². The molecule has 2 rings (SSSR count). The van der Waals surface area contributed by atoms with Gasteiger partial charge in [-0.05, 0) is 58.7 Å². The van der Waals surface area contributed by atoms with Crippen molar-refractivity contribution in [1.29, 1.82) is 0 Å². The second-order valence-corrected chi connectivity index (χ2v) is 6.36. The van der Waals surface area contributed by atoms with E-state index in [9.17, 15) is 4.79 Å². The largest absolute Gasteiger partial charge is 0.497 e. The Kier molecular flexibility index (Phi) is 5.42. The van der Waals surface area contributed by atoms with Crippen molar-refractivity contribution < 1.29 is 9.53 Å². The number of halogens is 2. The zero-order chi connectivity index (χ0) is 15.4. The number of carbonyl (C=O) groups excluding carboxylic acids is 1. The van der Waals surface area contributed by atoms with Crippen molar-refractivity contribution >= 4 is 37.8 Å². The van der Waals surface area contributed by atoms with Crippen LogP contribution in [0.2, 0.25) is 0 Å². The molecule has 0 aromatic heterocycles. The number of hydrogen-bond acceptors (Lipinski definition) is 2. The maximum Gasteiger partial charge on any atom is 0.252 e. The van der Waals surface area contributed by atoms with Gasteiger partial charge in [0.2, 0.25) is 0 Å². The Hall–Kier alpha value is -1.33. The number of nitrogens with one attached hydrogen (secondary N) is 1. The third-order valence-corrected chi connectivity index (χ3v) is 4.32. The summed E-state index contributed by atoms with van der Waals surface area (Å²) in [6, 6.07) is 13.1. The lowest BCUT2D eigenvalue weighted by atomic mass is 10.1. The average molecular weight is 413 g/mol. The summed E-state index contributed by atoms with van der Waals surface area (Å²) < 4.78 is 6.77. The zero-order valence-electron chi connectivity index (χ0n) is 11.7. The predicted octanol–water partition coefficient (Wildman–Crippen LogP) is 4.71. The van der Waals surface area contributed by atoms with Crippen LogP contribution in [0.4, 0.5) is 0 Å². The lowest BCUT2D eigenvalue weighted by Crippen LogP contribution is -2.26. The van der Waals surface area contributed by atoms with Gasteiger partial charge in [-0.2, -0.15) is 0 Å². The van der Waals surface area contributed by atoms with Crippen LogP contribution < -0.4 is 10.1 Å². The molecule has 5 heteroatoms. The van der Waals surface area contributed by atoms with Crippen LogP contribution in [0, 0.1) is 0 Å². The van der Waals surface area contributed by atoms with E-state index < -0.39 is 0 Å². The molecule has 1 atom stereocenters. The minimum atomic E-state index is -0.119. The van der Waals surface area contributed by atoms with Crippen LogP contribution in [0.25, 0.3) is 0 Å². The molecule has 1 unspecified atom stereocenters. The van der Waals surface area contributed by atoms with Crippen LogP contribution in [-0.2, 0) is 0 Å². The van der Waals surface area contributed by atoms with Crippen molar-refractivity contribution in [3.8, 4) is 5.75 Å². The molecule has 2 aromatic rings. The third-order valence-electron chi connectivity index (χ3n) is 3.14. The van der Waals surface area contributed by atoms with E-state index in [0.29, 0.717) is 5.56 Å². The van der Waals surface area contributed by atoms with Crippen molar-refractivity contribution in [1.82, 2.24) is 5.32 Å². The topological polar surface area (TPSA) is 38.3 Å². The summed E-state index contributed by atoms with van der Waals surface area (Å²) in [4.78, 5) is 12.3. The van der Waals surface area contributed by atoms with Crippen molar-refractivity contribution in [2.24, 2.45) is 0 Å². The number of rotatable bonds is 4. The fraction of sp³-hybridized carbons (Fsp3) is 0.188. The van der Waals surface area contributed by atoms with E-state index in [1.54, 1.807) is 13.2 Å². The monoisotopic (exact) mass is 411 g/mol. The van der Waals surface area contributed by atoms with Crippen LogP contribution in [0.15, 0.2) is 51.4 Å². The summed E-state index contributed by atoms with van der Waals surface area (Å²) in [5.74, 6) is 0.679. The molecule has 0 heterocycles. The summed E-state index contributed by atoms with van der Waals surface area (Å²) in [7, 11) is 1.63. The highest BCUT2D eigenvalue weighted by molar-refractivity contribution is 9.11. The molecule has 0 aliphatic carbocycles. The van der Waals surface area contributed by atoms with Gasteiger partial charge in [-0.1, -0.05) is 28.1 Å². The standard InChI is InChI=1S/C16H15Br2NO2/c1-10(11-3-6-13(21-2)7-4-11)19-16(20)14-9-12(17)5-8-15(14)18/h3-10H,1-2H3,(H,19,20). The second-order valence-electron chi connectivity index (χ2n) is 4.59. The molecule has 0 fully saturated rings. The number of amides is 1. The number of benzene rings is 2. The summed E-state index contributed by atoms with van der Waals surface area (Å²) in [6.07, 6.45) is 0. The van der Waals surface area contributed by atoms with E-state index in [4.69, 9.17) is 4.74 Å². The summed E-state index contributed by atoms with van der Waals surface area (Å²) in [6.45, 7) is 1.95. The fourth-order valence-corrected chi connectivity index (χ4v) is 2.71. The van der Waals surface area contributed by atoms with Crippen LogP contribution in [0.1, 0.15) is 28.9 Å². The predicted molar refractivity (Wildman–Crippen MR) is 90.7 cm³/mol. The number of ether oxygens (including phenoxy) is 1. The number of hydrogen-bond donors (Lipinski definition) is 1. The highest BCUT2D eigenvalue weighted by atomic mass is 79.9. The molecule has 110 valence electrons. The maximum absolute atomic E-state index is 12.3. The molecule has 1 amide bonds. The first-order valence-electron chi connectivity index (χ1n) is 6.41. The SMILES string of the molecule is COc1ccc(C(C)NC(=O)c2cc(Br)ccc2Br)cc1. The van der Waals surface area contributed by atoms with Gasteiger partial charge in [0.25, 0.3) is 5.91 Å². The van der Waals surface area contributed by atoms with Gasteiger partial charge in [0.15, 0.2) is 0 Å². The van der Waals surface area contributed by atoms with Gasteiger partial charge >= 0.3 is 0 Å². The van der Waals surface area contributed by atoms with Gasteiger partial charge in [-0.25, -0.2) is 0 Å². The first-order chi connectivity index (χ1) is 10.0. The van der Waals surface area contributed by atoms with Crippen molar-refractivity contribution in [2.75, 3.05) is 7.11 Å². The van der Waals surface area contributed by atoms with Gasteiger partial charge in [0.05, 0.1) is 18.7 Å². The Balaban J connectivity index is 2.12. The molecule has 21 heavy (non-hydrogen) atoms. The Morgan fingerprint density at radius 3 is 2.43 bits per heavy atom. The van der Waals surface area contributed by atoms with E-state index in [-0.39, 0.29) is 11.9 Å². The Bertz CT molecular complexity index is 641. The minimum Gasteiger partial charge on any atom is -0.497 e. The molecular formula is C16H15Br2NO2. The van der Waals surface area contributed by atoms with Crippen LogP contribution in [-0.4, -0.2) is 13.0 Å². The molecule has 0 aliphatic rings. The first-order valence-corrected chi connectivity index (χ1v) is 7.99. The molecule has 2 aromatic carbocycles. The molecule has 0 aliphatic heterocycles. The summed E-state index contributed by atoms with van der Waals surface area (Å²) >= 11 is 6.77. The van der Waals surface area contributed by atoms with Gasteiger partial charge in [0, 0.05) is 8.95 Å². The second kappa shape index (κ2) is 7.09. The molecule has 1 N–H and O–H groups in total. The first kappa shape index (κ1) is 16.0. The van der Waals surface area contributed by atoms with E-state index in [1.165, 1.54) is 0 Å². The van der Waals surface area contributed by atoms with Crippen molar-refractivity contribution in [3.63, 3.8) is 0 Å². The molecule has 0 saturated heterocycles. The van der Waals surface area contributed by atoms with Gasteiger partial charge in [-0.3, -0.25) is 4.79 Å². The third kappa shape index (κ3) is 4.08. The highest BCUT2D eigenvalue weighted by Crippen LogP contribution is 2.23. The van der Waals surface area contributed by atoms with Gasteiger partial charge in [0.1, 0.15) is 5.75 Å². The van der Waals surface area contributed by atoms with Crippen LogP contribution in [0.3, 0.4) is 0 Å². The molecule has 0 saturated carbocycles. The fourth-order valence-electron chi connectivity index (χ4n) is 1.92. The smallest absolute Gasteiger partial charge is 0.252 e. The van der Waals surface area contributed by atoms with E-state index in [0.717, 1.165) is 20.3 Å². The normalized spacial score (nSPS) is 11.8. The summed E-state index contributed by atoms with van der Waals surface area (Å²) in [5, 5.41) is 2.99. The zero-order valence-corrected chi connectivity index (χ0v) is 14.9. The quantitative estimate of drug-likeness (QED) is 0.789. The lowest BCUT2D eigenvalue weighted by molar-refractivity contribution is 0.0939. The molecular weight excluding hydrogens is 398 g/mol. The Morgan fingerprint density at radius 1 is 1.14 bits per heavy atom. The van der Waals surface area contributed by atoms with Crippen molar-refractivity contribution in [2.45, 2.75) is 13.0 Å². The minimum absolute atomic E-state index is 0.0886. The van der Waals surface area contributed by atoms with Crippen LogP contribution in [0.5, 0.6) is 5.75 Å². The van der Waals surface area contributed by atoms with E-state index >= 15 is 0 Å². The Morgan fingerprint density at radius 2 is 1.81 bits per heavy atom. The average Bonchev–Trinajstić information content (AvgIpc) is 2.49. The van der Waals surface area contributed by atoms with Crippen molar-refractivity contribution in [3.05, 3.63) is 62.5 Å². The van der Waals surface area contributed by atoms with E-state index in [2.05, 4.69) is 37.2 Å². The van der Waals surface area contributed by atoms with Gasteiger partial charge in [-0.15, -0.1) is 0 Å². The van der Waals surface area contributed by atoms with Crippen LogP contribution >= 0.6 is 31.9 Å². The molecule has 3 nitrogen and oxygen atoms in total. The van der Waals surface area contributed by atoms with Gasteiger partial charge < -0.3 is 10.1 Å². The Labute approximate surface area is 141 Å². The number of methoxy groups -OCH3 is 1. The number of carbonyl (C=O) groups is 1. The maximum atomic E-state index is 12.3. The highest BCUT2D eigenvalue weighted by Gasteiger charge is 2.14.